The van der Waals surface area contributed by atoms with Crippen LogP contribution in [0.3, 0.4) is 0 Å². The van der Waals surface area contributed by atoms with Crippen molar-refractivity contribution in [2.45, 2.75) is 44.6 Å². The Labute approximate surface area is 179 Å². The summed E-state index contributed by atoms with van der Waals surface area (Å²) in [5.41, 5.74) is 4.19. The molecule has 2 aliphatic heterocycles. The Bertz CT molecular complexity index is 1130. The van der Waals surface area contributed by atoms with Crippen molar-refractivity contribution in [2.75, 3.05) is 7.05 Å². The van der Waals surface area contributed by atoms with Crippen LogP contribution in [-0.2, 0) is 0 Å². The molecule has 1 saturated heterocycles. The van der Waals surface area contributed by atoms with Gasteiger partial charge in [0.15, 0.2) is 6.17 Å². The number of phenolic OH excluding ortho intramolecular Hbond substituents is 1. The number of alkyl halides is 1. The Morgan fingerprint density at radius 1 is 1.13 bits per heavy atom. The number of phenols is 1. The topological polar surface area (TPSA) is 76.3 Å². The first-order valence-electron chi connectivity index (χ1n) is 10.3. The molecule has 2 unspecified atom stereocenters. The van der Waals surface area contributed by atoms with Gasteiger partial charge in [0, 0.05) is 42.6 Å². The van der Waals surface area contributed by atoms with Crippen LogP contribution < -0.4 is 4.74 Å². The summed E-state index contributed by atoms with van der Waals surface area (Å²) >= 11 is 0. The lowest BCUT2D eigenvalue weighted by molar-refractivity contribution is -0.00940. The monoisotopic (exact) mass is 421 g/mol. The zero-order valence-corrected chi connectivity index (χ0v) is 17.6. The molecule has 2 bridgehead atoms. The largest absolute Gasteiger partial charge is 0.507 e. The number of likely N-dealkylation sites (N-methyl/N-ethyl adjacent to an activating group) is 1. The van der Waals surface area contributed by atoms with E-state index in [0.29, 0.717) is 17.7 Å². The Balaban J connectivity index is 1.32. The summed E-state index contributed by atoms with van der Waals surface area (Å²) in [6, 6.07) is 8.62. The van der Waals surface area contributed by atoms with E-state index in [9.17, 15) is 5.11 Å². The van der Waals surface area contributed by atoms with Gasteiger partial charge in [-0.15, -0.1) is 10.2 Å². The first-order chi connectivity index (χ1) is 14.9. The van der Waals surface area contributed by atoms with Gasteiger partial charge in [-0.1, -0.05) is 11.1 Å². The van der Waals surface area contributed by atoms with E-state index < -0.39 is 12.3 Å². The lowest BCUT2D eigenvalue weighted by Crippen LogP contribution is -2.54. The third kappa shape index (κ3) is 3.27. The van der Waals surface area contributed by atoms with Gasteiger partial charge in [-0.3, -0.25) is 4.90 Å². The summed E-state index contributed by atoms with van der Waals surface area (Å²) in [7, 11) is 1.97. The number of nitrogens with zero attached hydrogens (tertiary/aromatic N) is 5. The molecule has 0 saturated carbocycles. The minimum absolute atomic E-state index is 0.0851. The maximum Gasteiger partial charge on any atom is 0.233 e. The van der Waals surface area contributed by atoms with Crippen molar-refractivity contribution in [3.63, 3.8) is 0 Å². The number of aromatic hydroxyl groups is 1. The highest BCUT2D eigenvalue weighted by atomic mass is 19.1. The fourth-order valence-electron chi connectivity index (χ4n) is 4.76. The number of hydrogen-bond donors (Lipinski definition) is 1. The molecule has 1 aromatic carbocycles. The maximum absolute atomic E-state index is 15.2. The van der Waals surface area contributed by atoms with E-state index in [1.165, 1.54) is 5.57 Å². The fourth-order valence-corrected chi connectivity index (χ4v) is 4.76. The average Bonchev–Trinajstić information content (AvgIpc) is 3.35. The summed E-state index contributed by atoms with van der Waals surface area (Å²) in [5.74, 6) is 0.368. The molecule has 1 N–H and O–H groups in total. The lowest BCUT2D eigenvalue weighted by Gasteiger charge is -2.40. The van der Waals surface area contributed by atoms with E-state index in [4.69, 9.17) is 4.74 Å². The maximum atomic E-state index is 15.2. The predicted octanol–water partition coefficient (Wildman–Crippen LogP) is 3.54. The molecule has 4 heterocycles. The van der Waals surface area contributed by atoms with Crippen LogP contribution >= 0.6 is 0 Å². The SMILES string of the molecule is CC1=C(C)C2[C@H](F)[C@@H](Oc3ccc(-c4ccc(-n5ccnc5)cc4O)nn3)CC1N2C. The smallest absolute Gasteiger partial charge is 0.233 e. The third-order valence-electron chi connectivity index (χ3n) is 6.58. The summed E-state index contributed by atoms with van der Waals surface area (Å²) < 4.78 is 22.9. The Morgan fingerprint density at radius 2 is 1.97 bits per heavy atom. The minimum atomic E-state index is -1.13. The quantitative estimate of drug-likeness (QED) is 0.650. The number of rotatable bonds is 4. The molecule has 8 heteroatoms. The molecule has 1 fully saturated rings. The highest BCUT2D eigenvalue weighted by molar-refractivity contribution is 5.68. The van der Waals surface area contributed by atoms with Crippen LogP contribution in [0.5, 0.6) is 11.6 Å². The Kier molecular flexibility index (Phi) is 4.74. The van der Waals surface area contributed by atoms with Crippen molar-refractivity contribution in [3.8, 4) is 28.6 Å². The number of benzene rings is 1. The van der Waals surface area contributed by atoms with Crippen LogP contribution in [0.2, 0.25) is 0 Å². The van der Waals surface area contributed by atoms with E-state index in [1.807, 2.05) is 20.0 Å². The second-order valence-electron chi connectivity index (χ2n) is 8.26. The molecule has 3 aromatic rings. The zero-order valence-electron chi connectivity index (χ0n) is 17.6. The number of fused-ring (bicyclic) bond motifs is 2. The van der Waals surface area contributed by atoms with Crippen LogP contribution in [0.25, 0.3) is 16.9 Å². The molecule has 2 aliphatic rings. The van der Waals surface area contributed by atoms with Crippen molar-refractivity contribution < 1.29 is 14.2 Å². The Morgan fingerprint density at radius 3 is 2.65 bits per heavy atom. The van der Waals surface area contributed by atoms with E-state index >= 15 is 4.39 Å². The van der Waals surface area contributed by atoms with Crippen LogP contribution in [0.15, 0.2) is 60.2 Å². The van der Waals surface area contributed by atoms with Crippen molar-refractivity contribution >= 4 is 0 Å². The van der Waals surface area contributed by atoms with Gasteiger partial charge in [0.1, 0.15) is 11.9 Å². The number of halogens is 1. The van der Waals surface area contributed by atoms with Gasteiger partial charge < -0.3 is 14.4 Å². The van der Waals surface area contributed by atoms with Crippen molar-refractivity contribution in [2.24, 2.45) is 0 Å². The number of imidazole rings is 1. The van der Waals surface area contributed by atoms with Gasteiger partial charge >= 0.3 is 0 Å². The molecule has 0 spiro atoms. The first-order valence-corrected chi connectivity index (χ1v) is 10.3. The standard InChI is InChI=1S/C23H24FN5O2/c1-13-14(2)23-22(24)20(11-18(13)28(23)3)31-21-7-6-17(26-27-21)16-5-4-15(10-19(16)30)29-9-8-25-12-29/h4-10,12,18,20,22-23,30H,11H2,1-3H3/t18?,20-,22+,23?/m0/s1. The van der Waals surface area contributed by atoms with Gasteiger partial charge in [0.2, 0.25) is 5.88 Å². The highest BCUT2D eigenvalue weighted by Gasteiger charge is 2.49. The van der Waals surface area contributed by atoms with E-state index in [1.54, 1.807) is 47.6 Å². The second kappa shape index (κ2) is 7.46. The molecule has 160 valence electrons. The average molecular weight is 421 g/mol. The molecule has 0 amide bonds. The summed E-state index contributed by atoms with van der Waals surface area (Å²) in [4.78, 5) is 6.11. The number of hydrogen-bond acceptors (Lipinski definition) is 6. The molecule has 5 rings (SSSR count). The highest BCUT2D eigenvalue weighted by Crippen LogP contribution is 2.41. The van der Waals surface area contributed by atoms with Gasteiger partial charge in [0.05, 0.1) is 23.8 Å². The van der Waals surface area contributed by atoms with Gasteiger partial charge in [-0.25, -0.2) is 9.37 Å². The second-order valence-corrected chi connectivity index (χ2v) is 8.26. The lowest BCUT2D eigenvalue weighted by atomic mass is 9.95. The van der Waals surface area contributed by atoms with Crippen molar-refractivity contribution in [1.29, 1.82) is 0 Å². The molecule has 2 aromatic heterocycles. The number of piperidine rings is 1. The summed E-state index contributed by atoms with van der Waals surface area (Å²) in [5, 5.41) is 18.8. The predicted molar refractivity (Wildman–Crippen MR) is 114 cm³/mol. The van der Waals surface area contributed by atoms with E-state index in [2.05, 4.69) is 27.0 Å². The van der Waals surface area contributed by atoms with Crippen molar-refractivity contribution in [3.05, 3.63) is 60.2 Å². The summed E-state index contributed by atoms with van der Waals surface area (Å²) in [6.45, 7) is 4.08. The van der Waals surface area contributed by atoms with E-state index in [-0.39, 0.29) is 23.7 Å². The minimum Gasteiger partial charge on any atom is -0.507 e. The molecule has 7 nitrogen and oxygen atoms in total. The van der Waals surface area contributed by atoms with Gasteiger partial charge in [0.25, 0.3) is 0 Å². The first kappa shape index (κ1) is 19.7. The number of aromatic nitrogens is 4. The Hall–Kier alpha value is -3.26. The van der Waals surface area contributed by atoms with Crippen LogP contribution in [0, 0.1) is 0 Å². The molecule has 31 heavy (non-hydrogen) atoms. The van der Waals surface area contributed by atoms with Crippen LogP contribution in [-0.4, -0.2) is 61.2 Å². The molecule has 0 radical (unpaired) electrons. The third-order valence-corrected chi connectivity index (χ3v) is 6.58. The summed E-state index contributed by atoms with van der Waals surface area (Å²) in [6.07, 6.45) is 4.02. The van der Waals surface area contributed by atoms with E-state index in [0.717, 1.165) is 11.3 Å². The van der Waals surface area contributed by atoms with Gasteiger partial charge in [-0.05, 0) is 39.1 Å². The fraction of sp³-hybridized carbons (Fsp3) is 0.348. The van der Waals surface area contributed by atoms with Crippen LogP contribution in [0.4, 0.5) is 4.39 Å². The molecular weight excluding hydrogens is 397 g/mol. The molecule has 4 atom stereocenters. The zero-order chi connectivity index (χ0) is 21.7. The van der Waals surface area contributed by atoms with Crippen LogP contribution in [0.1, 0.15) is 20.3 Å². The van der Waals surface area contributed by atoms with Crippen molar-refractivity contribution in [1.82, 2.24) is 24.6 Å². The molecular formula is C23H24FN5O2. The van der Waals surface area contributed by atoms with Gasteiger partial charge in [-0.2, -0.15) is 0 Å². The normalized spacial score (nSPS) is 25.8. The number of ether oxygens (including phenoxy) is 1. The molecule has 0 aliphatic carbocycles.